The molecule has 0 atom stereocenters. The number of guanidine groups is 1. The molecule has 0 radical (unpaired) electrons. The van der Waals surface area contributed by atoms with Gasteiger partial charge in [-0.25, -0.2) is 0 Å². The molecule has 0 unspecified atom stereocenters. The molecule has 2 N–H and O–H groups in total. The van der Waals surface area contributed by atoms with E-state index in [0.717, 1.165) is 58.2 Å². The summed E-state index contributed by atoms with van der Waals surface area (Å²) in [4.78, 5) is 9.74. The van der Waals surface area contributed by atoms with Gasteiger partial charge in [0.15, 0.2) is 5.96 Å². The van der Waals surface area contributed by atoms with Gasteiger partial charge in [0, 0.05) is 58.9 Å². The molecular formula is C19H33N5. The Morgan fingerprint density at radius 2 is 1.58 bits per heavy atom. The Balaban J connectivity index is 1.62. The van der Waals surface area contributed by atoms with Crippen LogP contribution >= 0.6 is 0 Å². The lowest BCUT2D eigenvalue weighted by Gasteiger charge is -2.34. The molecule has 0 saturated carbocycles. The molecule has 134 valence electrons. The normalized spacial score (nSPS) is 15.9. The van der Waals surface area contributed by atoms with Gasteiger partial charge >= 0.3 is 0 Å². The highest BCUT2D eigenvalue weighted by Crippen LogP contribution is 2.08. The highest BCUT2D eigenvalue weighted by atomic mass is 15.3. The summed E-state index contributed by atoms with van der Waals surface area (Å²) in [5.74, 6) is 0.938. The largest absolute Gasteiger partial charge is 0.357 e. The van der Waals surface area contributed by atoms with Gasteiger partial charge in [0.25, 0.3) is 0 Å². The highest BCUT2D eigenvalue weighted by Gasteiger charge is 2.16. The van der Waals surface area contributed by atoms with Gasteiger partial charge in [0.05, 0.1) is 0 Å². The maximum absolute atomic E-state index is 4.62. The summed E-state index contributed by atoms with van der Waals surface area (Å²) in [6.45, 7) is 13.8. The molecule has 1 fully saturated rings. The summed E-state index contributed by atoms with van der Waals surface area (Å²) in [7, 11) is 0. The standard InChI is InChI=1S/C19H33N5/c1-3-20-19(21-4-2)22-11-8-12-23-13-15-24(16-14-23)17-18-9-6-5-7-10-18/h5-7,9-10H,3-4,8,11-17H2,1-2H3,(H2,20,21,22). The van der Waals surface area contributed by atoms with Crippen molar-refractivity contribution in [3.05, 3.63) is 35.9 Å². The molecule has 0 amide bonds. The van der Waals surface area contributed by atoms with E-state index in [9.17, 15) is 0 Å². The SMILES string of the molecule is CCNC(=NCCCN1CCN(Cc2ccccc2)CC1)NCC. The zero-order valence-corrected chi connectivity index (χ0v) is 15.3. The maximum atomic E-state index is 4.62. The summed E-state index contributed by atoms with van der Waals surface area (Å²) >= 11 is 0. The van der Waals surface area contributed by atoms with Gasteiger partial charge in [0.1, 0.15) is 0 Å². The van der Waals surface area contributed by atoms with Crippen molar-refractivity contribution in [2.24, 2.45) is 4.99 Å². The second kappa shape index (κ2) is 11.0. The number of nitrogens with one attached hydrogen (secondary N) is 2. The quantitative estimate of drug-likeness (QED) is 0.433. The molecule has 1 aliphatic heterocycles. The molecule has 0 spiro atoms. The zero-order valence-electron chi connectivity index (χ0n) is 15.3. The average molecular weight is 332 g/mol. The Labute approximate surface area is 147 Å². The van der Waals surface area contributed by atoms with E-state index in [1.54, 1.807) is 0 Å². The van der Waals surface area contributed by atoms with Crippen molar-refractivity contribution in [1.82, 2.24) is 20.4 Å². The van der Waals surface area contributed by atoms with Crippen molar-refractivity contribution >= 4 is 5.96 Å². The van der Waals surface area contributed by atoms with Gasteiger partial charge in [-0.1, -0.05) is 30.3 Å². The number of hydrogen-bond acceptors (Lipinski definition) is 3. The molecule has 1 aromatic rings. The van der Waals surface area contributed by atoms with Crippen LogP contribution in [0, 0.1) is 0 Å². The average Bonchev–Trinajstić information content (AvgIpc) is 2.61. The topological polar surface area (TPSA) is 42.9 Å². The van der Waals surface area contributed by atoms with Crippen LogP contribution in [0.4, 0.5) is 0 Å². The van der Waals surface area contributed by atoms with Crippen LogP contribution < -0.4 is 10.6 Å². The fourth-order valence-corrected chi connectivity index (χ4v) is 3.01. The first kappa shape index (κ1) is 18.7. The van der Waals surface area contributed by atoms with Crippen LogP contribution in [0.15, 0.2) is 35.3 Å². The van der Waals surface area contributed by atoms with E-state index in [-0.39, 0.29) is 0 Å². The molecule has 5 nitrogen and oxygen atoms in total. The number of rotatable bonds is 8. The molecule has 5 heteroatoms. The van der Waals surface area contributed by atoms with E-state index in [4.69, 9.17) is 0 Å². The number of hydrogen-bond donors (Lipinski definition) is 2. The van der Waals surface area contributed by atoms with Crippen molar-refractivity contribution in [3.63, 3.8) is 0 Å². The summed E-state index contributed by atoms with van der Waals surface area (Å²) < 4.78 is 0. The second-order valence-electron chi connectivity index (χ2n) is 6.25. The van der Waals surface area contributed by atoms with Gasteiger partial charge in [0.2, 0.25) is 0 Å². The Morgan fingerprint density at radius 1 is 0.958 bits per heavy atom. The maximum Gasteiger partial charge on any atom is 0.191 e. The number of piperazine rings is 1. The van der Waals surface area contributed by atoms with Crippen LogP contribution in [0.25, 0.3) is 0 Å². The minimum atomic E-state index is 0.888. The third kappa shape index (κ3) is 6.89. The van der Waals surface area contributed by atoms with Crippen LogP contribution in [-0.2, 0) is 6.54 Å². The number of benzene rings is 1. The third-order valence-electron chi connectivity index (χ3n) is 4.30. The van der Waals surface area contributed by atoms with Crippen molar-refractivity contribution < 1.29 is 0 Å². The predicted octanol–water partition coefficient (Wildman–Crippen LogP) is 1.77. The third-order valence-corrected chi connectivity index (χ3v) is 4.30. The summed E-state index contributed by atoms with van der Waals surface area (Å²) in [5.41, 5.74) is 1.42. The smallest absolute Gasteiger partial charge is 0.191 e. The lowest BCUT2D eigenvalue weighted by atomic mass is 10.2. The van der Waals surface area contributed by atoms with Gasteiger partial charge in [-0.3, -0.25) is 9.89 Å². The van der Waals surface area contributed by atoms with E-state index >= 15 is 0 Å². The van der Waals surface area contributed by atoms with E-state index < -0.39 is 0 Å². The van der Waals surface area contributed by atoms with Crippen molar-refractivity contribution in [3.8, 4) is 0 Å². The first-order chi connectivity index (χ1) is 11.8. The fraction of sp³-hybridized carbons (Fsp3) is 0.632. The Kier molecular flexibility index (Phi) is 8.63. The van der Waals surface area contributed by atoms with Gasteiger partial charge in [-0.05, 0) is 25.8 Å². The van der Waals surface area contributed by atoms with Gasteiger partial charge in [-0.15, -0.1) is 0 Å². The lowest BCUT2D eigenvalue weighted by Crippen LogP contribution is -2.46. The molecule has 1 aliphatic rings. The first-order valence-electron chi connectivity index (χ1n) is 9.32. The molecule has 24 heavy (non-hydrogen) atoms. The van der Waals surface area contributed by atoms with Gasteiger partial charge < -0.3 is 15.5 Å². The number of aliphatic imine (C=N–C) groups is 1. The first-order valence-corrected chi connectivity index (χ1v) is 9.32. The molecule has 0 aromatic heterocycles. The molecule has 1 aromatic carbocycles. The van der Waals surface area contributed by atoms with Crippen LogP contribution in [0.1, 0.15) is 25.8 Å². The fourth-order valence-electron chi connectivity index (χ4n) is 3.01. The monoisotopic (exact) mass is 331 g/mol. The highest BCUT2D eigenvalue weighted by molar-refractivity contribution is 5.79. The van der Waals surface area contributed by atoms with E-state index in [1.807, 2.05) is 0 Å². The number of nitrogens with zero attached hydrogens (tertiary/aromatic N) is 3. The molecular weight excluding hydrogens is 298 g/mol. The van der Waals surface area contributed by atoms with Crippen molar-refractivity contribution in [2.45, 2.75) is 26.8 Å². The Hall–Kier alpha value is -1.59. The van der Waals surface area contributed by atoms with Crippen molar-refractivity contribution in [2.75, 3.05) is 52.4 Å². The minimum absolute atomic E-state index is 0.888. The van der Waals surface area contributed by atoms with Crippen LogP contribution in [0.2, 0.25) is 0 Å². The summed E-state index contributed by atoms with van der Waals surface area (Å²) in [6, 6.07) is 10.8. The van der Waals surface area contributed by atoms with E-state index in [1.165, 1.54) is 18.7 Å². The molecule has 0 aliphatic carbocycles. The van der Waals surface area contributed by atoms with Crippen molar-refractivity contribution in [1.29, 1.82) is 0 Å². The Morgan fingerprint density at radius 3 is 2.21 bits per heavy atom. The minimum Gasteiger partial charge on any atom is -0.357 e. The predicted molar refractivity (Wildman–Crippen MR) is 102 cm³/mol. The van der Waals surface area contributed by atoms with Gasteiger partial charge in [-0.2, -0.15) is 0 Å². The van der Waals surface area contributed by atoms with Crippen LogP contribution in [0.3, 0.4) is 0 Å². The molecule has 1 heterocycles. The summed E-state index contributed by atoms with van der Waals surface area (Å²) in [5, 5.41) is 6.54. The van der Waals surface area contributed by atoms with E-state index in [0.29, 0.717) is 0 Å². The van der Waals surface area contributed by atoms with Crippen LogP contribution in [0.5, 0.6) is 0 Å². The molecule has 2 rings (SSSR count). The van der Waals surface area contributed by atoms with E-state index in [2.05, 4.69) is 69.6 Å². The lowest BCUT2D eigenvalue weighted by molar-refractivity contribution is 0.127. The van der Waals surface area contributed by atoms with Crippen LogP contribution in [-0.4, -0.2) is 68.1 Å². The molecule has 1 saturated heterocycles. The Bertz CT molecular complexity index is 458. The molecule has 0 bridgehead atoms. The summed E-state index contributed by atoms with van der Waals surface area (Å²) in [6.07, 6.45) is 1.12. The second-order valence-corrected chi connectivity index (χ2v) is 6.25. The zero-order chi connectivity index (χ0) is 17.0.